The van der Waals surface area contributed by atoms with Gasteiger partial charge in [0, 0.05) is 34.1 Å². The van der Waals surface area contributed by atoms with Crippen LogP contribution in [0.2, 0.25) is 0 Å². The lowest BCUT2D eigenvalue weighted by atomic mass is 10.1. The van der Waals surface area contributed by atoms with Crippen molar-refractivity contribution in [2.75, 3.05) is 7.05 Å². The topological polar surface area (TPSA) is 82.1 Å². The first-order valence-corrected chi connectivity index (χ1v) is 9.24. The Hall–Kier alpha value is -3.16. The van der Waals surface area contributed by atoms with Gasteiger partial charge in [-0.3, -0.25) is 18.7 Å². The number of benzene rings is 1. The lowest BCUT2D eigenvalue weighted by Gasteiger charge is -2.25. The minimum Gasteiger partial charge on any atom is -0.339 e. The summed E-state index contributed by atoms with van der Waals surface area (Å²) < 4.78 is 4.14. The molecule has 8 heteroatoms. The molecule has 8 nitrogen and oxygen atoms in total. The summed E-state index contributed by atoms with van der Waals surface area (Å²) in [7, 11) is 4.84. The summed E-state index contributed by atoms with van der Waals surface area (Å²) >= 11 is 0. The minimum absolute atomic E-state index is 0.00964. The molecule has 0 radical (unpaired) electrons. The van der Waals surface area contributed by atoms with Crippen molar-refractivity contribution in [3.63, 3.8) is 0 Å². The van der Waals surface area contributed by atoms with Gasteiger partial charge in [0.25, 0.3) is 5.56 Å². The van der Waals surface area contributed by atoms with Crippen molar-refractivity contribution in [1.29, 1.82) is 0 Å². The van der Waals surface area contributed by atoms with E-state index in [0.29, 0.717) is 30.6 Å². The Morgan fingerprint density at radius 2 is 1.82 bits per heavy atom. The maximum absolute atomic E-state index is 12.6. The first-order valence-electron chi connectivity index (χ1n) is 9.24. The Bertz CT molecular complexity index is 1110. The molecule has 0 saturated heterocycles. The average molecular weight is 383 g/mol. The summed E-state index contributed by atoms with van der Waals surface area (Å²) in [5, 5.41) is 0. The molecular weight excluding hydrogens is 358 g/mol. The predicted octanol–water partition coefficient (Wildman–Crippen LogP) is 1.43. The molecule has 148 valence electrons. The molecule has 0 saturated carbocycles. The van der Waals surface area contributed by atoms with Gasteiger partial charge in [-0.15, -0.1) is 0 Å². The fraction of sp³-hybridized carbons (Fsp3) is 0.400. The van der Waals surface area contributed by atoms with Gasteiger partial charge in [0.1, 0.15) is 0 Å². The average Bonchev–Trinajstić information content (AvgIpc) is 3.14. The SMILES string of the molecule is C[C@H](c1ccccc1)N(C)C(=O)CCCn1cnc2c1c(=O)n(C)c(=O)n2C. The molecule has 0 fully saturated rings. The van der Waals surface area contributed by atoms with Crippen molar-refractivity contribution in [3.05, 3.63) is 63.1 Å². The van der Waals surface area contributed by atoms with E-state index < -0.39 is 5.69 Å². The fourth-order valence-electron chi connectivity index (χ4n) is 3.31. The van der Waals surface area contributed by atoms with Gasteiger partial charge in [0.05, 0.1) is 12.4 Å². The van der Waals surface area contributed by atoms with E-state index in [4.69, 9.17) is 0 Å². The van der Waals surface area contributed by atoms with Crippen LogP contribution in [0.25, 0.3) is 11.2 Å². The van der Waals surface area contributed by atoms with E-state index in [0.717, 1.165) is 10.1 Å². The van der Waals surface area contributed by atoms with Gasteiger partial charge < -0.3 is 9.47 Å². The molecule has 3 rings (SSSR count). The van der Waals surface area contributed by atoms with Gasteiger partial charge in [-0.1, -0.05) is 30.3 Å². The highest BCUT2D eigenvalue weighted by Crippen LogP contribution is 2.19. The molecular formula is C20H25N5O3. The van der Waals surface area contributed by atoms with E-state index in [1.54, 1.807) is 29.9 Å². The molecule has 28 heavy (non-hydrogen) atoms. The molecule has 3 aromatic rings. The van der Waals surface area contributed by atoms with Crippen LogP contribution in [-0.4, -0.2) is 36.5 Å². The lowest BCUT2D eigenvalue weighted by Crippen LogP contribution is -2.37. The van der Waals surface area contributed by atoms with Crippen LogP contribution in [0, 0.1) is 0 Å². The quantitative estimate of drug-likeness (QED) is 0.645. The molecule has 0 aliphatic rings. The van der Waals surface area contributed by atoms with Crippen LogP contribution < -0.4 is 11.2 Å². The zero-order chi connectivity index (χ0) is 20.4. The van der Waals surface area contributed by atoms with Gasteiger partial charge in [-0.05, 0) is 18.9 Å². The normalized spacial score (nSPS) is 12.3. The first kappa shape index (κ1) is 19.6. The summed E-state index contributed by atoms with van der Waals surface area (Å²) in [4.78, 5) is 42.9. The van der Waals surface area contributed by atoms with Crippen molar-refractivity contribution < 1.29 is 4.79 Å². The molecule has 0 aliphatic carbocycles. The van der Waals surface area contributed by atoms with E-state index in [1.807, 2.05) is 37.3 Å². The first-order chi connectivity index (χ1) is 13.3. The van der Waals surface area contributed by atoms with Crippen LogP contribution in [0.5, 0.6) is 0 Å². The Balaban J connectivity index is 1.69. The Morgan fingerprint density at radius 3 is 2.50 bits per heavy atom. The molecule has 2 aromatic heterocycles. The van der Waals surface area contributed by atoms with Crippen LogP contribution in [0.3, 0.4) is 0 Å². The van der Waals surface area contributed by atoms with Crippen molar-refractivity contribution in [3.8, 4) is 0 Å². The van der Waals surface area contributed by atoms with Crippen LogP contribution in [0.4, 0.5) is 0 Å². The maximum atomic E-state index is 12.6. The zero-order valence-electron chi connectivity index (χ0n) is 16.6. The summed E-state index contributed by atoms with van der Waals surface area (Å²) in [6.07, 6.45) is 2.48. The monoisotopic (exact) mass is 383 g/mol. The Morgan fingerprint density at radius 1 is 1.14 bits per heavy atom. The number of hydrogen-bond donors (Lipinski definition) is 0. The zero-order valence-corrected chi connectivity index (χ0v) is 16.6. The van der Waals surface area contributed by atoms with Crippen LogP contribution >= 0.6 is 0 Å². The third kappa shape index (κ3) is 3.49. The van der Waals surface area contributed by atoms with Gasteiger partial charge in [0.2, 0.25) is 5.91 Å². The second-order valence-electron chi connectivity index (χ2n) is 7.01. The molecule has 1 amide bonds. The lowest BCUT2D eigenvalue weighted by molar-refractivity contribution is -0.131. The second kappa shape index (κ2) is 7.84. The van der Waals surface area contributed by atoms with Crippen LogP contribution in [0.1, 0.15) is 31.4 Å². The van der Waals surface area contributed by atoms with Gasteiger partial charge in [-0.2, -0.15) is 0 Å². The highest BCUT2D eigenvalue weighted by Gasteiger charge is 2.18. The second-order valence-corrected chi connectivity index (χ2v) is 7.01. The van der Waals surface area contributed by atoms with Gasteiger partial charge >= 0.3 is 5.69 Å². The molecule has 1 aromatic carbocycles. The molecule has 0 spiro atoms. The third-order valence-corrected chi connectivity index (χ3v) is 5.26. The van der Waals surface area contributed by atoms with E-state index in [9.17, 15) is 14.4 Å². The number of nitrogens with zero attached hydrogens (tertiary/aromatic N) is 5. The standard InChI is InChI=1S/C20H25N5O3/c1-14(15-9-6-5-7-10-15)22(2)16(26)11-8-12-25-13-21-18-17(25)19(27)24(4)20(28)23(18)3/h5-7,9-10,13-14H,8,11-12H2,1-4H3/t14-/m1/s1. The van der Waals surface area contributed by atoms with E-state index >= 15 is 0 Å². The summed E-state index contributed by atoms with van der Waals surface area (Å²) in [6, 6.07) is 9.88. The molecule has 2 heterocycles. The Kier molecular flexibility index (Phi) is 5.48. The smallest absolute Gasteiger partial charge is 0.332 e. The van der Waals surface area contributed by atoms with Crippen molar-refractivity contribution in [2.24, 2.45) is 14.1 Å². The number of fused-ring (bicyclic) bond motifs is 1. The predicted molar refractivity (Wildman–Crippen MR) is 107 cm³/mol. The third-order valence-electron chi connectivity index (χ3n) is 5.26. The number of rotatable bonds is 6. The van der Waals surface area contributed by atoms with Crippen LogP contribution in [0.15, 0.2) is 46.2 Å². The number of imidazole rings is 1. The van der Waals surface area contributed by atoms with Gasteiger partial charge in [-0.25, -0.2) is 9.78 Å². The number of amides is 1. The molecule has 1 atom stereocenters. The van der Waals surface area contributed by atoms with E-state index in [2.05, 4.69) is 4.98 Å². The van der Waals surface area contributed by atoms with Crippen LogP contribution in [-0.2, 0) is 25.4 Å². The number of carbonyl (C=O) groups is 1. The molecule has 0 bridgehead atoms. The largest absolute Gasteiger partial charge is 0.339 e. The van der Waals surface area contributed by atoms with Gasteiger partial charge in [0.15, 0.2) is 11.2 Å². The van der Waals surface area contributed by atoms with Crippen molar-refractivity contribution in [1.82, 2.24) is 23.6 Å². The number of carbonyl (C=O) groups excluding carboxylic acids is 1. The summed E-state index contributed by atoms with van der Waals surface area (Å²) in [6.45, 7) is 2.48. The van der Waals surface area contributed by atoms with Crippen molar-refractivity contribution in [2.45, 2.75) is 32.4 Å². The minimum atomic E-state index is -0.408. The van der Waals surface area contributed by atoms with E-state index in [1.165, 1.54) is 11.6 Å². The molecule has 0 unspecified atom stereocenters. The number of aromatic nitrogens is 4. The highest BCUT2D eigenvalue weighted by atomic mass is 16.2. The fourth-order valence-corrected chi connectivity index (χ4v) is 3.31. The van der Waals surface area contributed by atoms with E-state index in [-0.39, 0.29) is 17.5 Å². The summed E-state index contributed by atoms with van der Waals surface area (Å²) in [5.74, 6) is 0.0427. The molecule has 0 aliphatic heterocycles. The highest BCUT2D eigenvalue weighted by molar-refractivity contribution is 5.76. The maximum Gasteiger partial charge on any atom is 0.332 e. The van der Waals surface area contributed by atoms with Crippen molar-refractivity contribution >= 4 is 17.1 Å². The molecule has 0 N–H and O–H groups in total. The number of hydrogen-bond acceptors (Lipinski definition) is 4. The number of aryl methyl sites for hydroxylation is 2. The summed E-state index contributed by atoms with van der Waals surface area (Å²) in [5.41, 5.74) is 1.03. The Labute approximate surface area is 162 Å².